The van der Waals surface area contributed by atoms with Crippen LogP contribution in [0.5, 0.6) is 0 Å². The van der Waals surface area contributed by atoms with Crippen molar-refractivity contribution in [1.29, 1.82) is 0 Å². The van der Waals surface area contributed by atoms with E-state index in [1.165, 1.54) is 4.90 Å². The van der Waals surface area contributed by atoms with E-state index in [1.807, 2.05) is 6.92 Å². The molecule has 0 aliphatic rings. The van der Waals surface area contributed by atoms with E-state index in [1.54, 1.807) is 14.1 Å². The Morgan fingerprint density at radius 1 is 1.58 bits per heavy atom. The number of nitrogens with zero attached hydrogens (tertiary/aromatic N) is 1. The molecule has 4 nitrogen and oxygen atoms in total. The molecule has 0 bridgehead atoms. The number of aliphatic hydroxyl groups excluding tert-OH is 1. The highest BCUT2D eigenvalue weighted by atomic mass is 16.6. The van der Waals surface area contributed by atoms with E-state index < -0.39 is 0 Å². The van der Waals surface area contributed by atoms with Crippen LogP contribution in [0.25, 0.3) is 0 Å². The minimum atomic E-state index is -0.359. The third-order valence-electron chi connectivity index (χ3n) is 1.64. The van der Waals surface area contributed by atoms with Crippen LogP contribution >= 0.6 is 0 Å². The average molecular weight is 175 g/mol. The van der Waals surface area contributed by atoms with Crippen LogP contribution in [0.2, 0.25) is 0 Å². The van der Waals surface area contributed by atoms with Crippen LogP contribution in [0.4, 0.5) is 4.79 Å². The Morgan fingerprint density at radius 3 is 2.50 bits per heavy atom. The number of ether oxygens (including phenoxy) is 1. The van der Waals surface area contributed by atoms with Crippen molar-refractivity contribution in [3.63, 3.8) is 0 Å². The lowest BCUT2D eigenvalue weighted by atomic mass is 10.1. The summed E-state index contributed by atoms with van der Waals surface area (Å²) in [6.07, 6.45) is 0.457. The van der Waals surface area contributed by atoms with Crippen molar-refractivity contribution in [3.8, 4) is 0 Å². The molecule has 0 aliphatic heterocycles. The molecule has 72 valence electrons. The van der Waals surface area contributed by atoms with E-state index in [-0.39, 0.29) is 18.6 Å². The van der Waals surface area contributed by atoms with Crippen LogP contribution in [-0.4, -0.2) is 43.4 Å². The molecular formula is C8H17NO3. The molecule has 1 atom stereocenters. The van der Waals surface area contributed by atoms with Crippen molar-refractivity contribution in [2.75, 3.05) is 27.3 Å². The van der Waals surface area contributed by atoms with Crippen LogP contribution < -0.4 is 0 Å². The molecule has 0 heterocycles. The van der Waals surface area contributed by atoms with Gasteiger partial charge in [0.05, 0.1) is 6.61 Å². The van der Waals surface area contributed by atoms with E-state index in [4.69, 9.17) is 9.84 Å². The highest BCUT2D eigenvalue weighted by Gasteiger charge is 2.09. The molecular weight excluding hydrogens is 158 g/mol. The van der Waals surface area contributed by atoms with Gasteiger partial charge in [-0.3, -0.25) is 0 Å². The van der Waals surface area contributed by atoms with Crippen LogP contribution in [0.1, 0.15) is 13.3 Å². The molecule has 0 saturated carbocycles. The molecule has 0 fully saturated rings. The molecule has 1 unspecified atom stereocenters. The predicted molar refractivity (Wildman–Crippen MR) is 45.9 cm³/mol. The maximum atomic E-state index is 10.9. The first-order valence-corrected chi connectivity index (χ1v) is 4.06. The highest BCUT2D eigenvalue weighted by Crippen LogP contribution is 2.02. The third-order valence-corrected chi connectivity index (χ3v) is 1.64. The SMILES string of the molecule is CCC(CO)COC(=O)N(C)C. The number of carbonyl (C=O) groups is 1. The summed E-state index contributed by atoms with van der Waals surface area (Å²) < 4.78 is 4.87. The van der Waals surface area contributed by atoms with E-state index in [9.17, 15) is 4.79 Å². The number of carbonyl (C=O) groups excluding carboxylic acids is 1. The lowest BCUT2D eigenvalue weighted by molar-refractivity contribution is 0.0834. The summed E-state index contributed by atoms with van der Waals surface area (Å²) in [6, 6.07) is 0. The maximum Gasteiger partial charge on any atom is 0.409 e. The van der Waals surface area contributed by atoms with Gasteiger partial charge in [0, 0.05) is 26.6 Å². The minimum Gasteiger partial charge on any atom is -0.449 e. The molecule has 4 heteroatoms. The minimum absolute atomic E-state index is 0.0638. The Labute approximate surface area is 73.1 Å². The number of hydrogen-bond donors (Lipinski definition) is 1. The molecule has 0 rings (SSSR count). The Bertz CT molecular complexity index is 132. The molecule has 0 radical (unpaired) electrons. The fraction of sp³-hybridized carbons (Fsp3) is 0.875. The van der Waals surface area contributed by atoms with E-state index in [2.05, 4.69) is 0 Å². The zero-order valence-electron chi connectivity index (χ0n) is 7.91. The van der Waals surface area contributed by atoms with Gasteiger partial charge in [-0.1, -0.05) is 6.92 Å². The molecule has 1 amide bonds. The lowest BCUT2D eigenvalue weighted by Crippen LogP contribution is -2.26. The zero-order valence-corrected chi connectivity index (χ0v) is 7.91. The second-order valence-electron chi connectivity index (χ2n) is 2.93. The number of aliphatic hydroxyl groups is 1. The van der Waals surface area contributed by atoms with Crippen molar-refractivity contribution in [3.05, 3.63) is 0 Å². The Morgan fingerprint density at radius 2 is 2.17 bits per heavy atom. The second kappa shape index (κ2) is 5.83. The average Bonchev–Trinajstić information content (AvgIpc) is 2.05. The van der Waals surface area contributed by atoms with Crippen LogP contribution in [-0.2, 0) is 4.74 Å². The molecule has 0 aromatic heterocycles. The van der Waals surface area contributed by atoms with Gasteiger partial charge >= 0.3 is 6.09 Å². The topological polar surface area (TPSA) is 49.8 Å². The van der Waals surface area contributed by atoms with Crippen molar-refractivity contribution in [2.24, 2.45) is 5.92 Å². The molecule has 1 N–H and O–H groups in total. The monoisotopic (exact) mass is 175 g/mol. The van der Waals surface area contributed by atoms with Gasteiger partial charge in [-0.05, 0) is 6.42 Å². The quantitative estimate of drug-likeness (QED) is 0.684. The van der Waals surface area contributed by atoms with Crippen LogP contribution in [0.3, 0.4) is 0 Å². The summed E-state index contributed by atoms with van der Waals surface area (Å²) in [5, 5.41) is 8.77. The van der Waals surface area contributed by atoms with Gasteiger partial charge in [0.2, 0.25) is 0 Å². The van der Waals surface area contributed by atoms with Crippen molar-refractivity contribution < 1.29 is 14.6 Å². The standard InChI is InChI=1S/C8H17NO3/c1-4-7(5-10)6-12-8(11)9(2)3/h7,10H,4-6H2,1-3H3. The fourth-order valence-corrected chi connectivity index (χ4v) is 0.618. The number of hydrogen-bond acceptors (Lipinski definition) is 3. The van der Waals surface area contributed by atoms with Crippen molar-refractivity contribution in [2.45, 2.75) is 13.3 Å². The number of rotatable bonds is 4. The second-order valence-corrected chi connectivity index (χ2v) is 2.93. The van der Waals surface area contributed by atoms with Crippen LogP contribution in [0.15, 0.2) is 0 Å². The largest absolute Gasteiger partial charge is 0.449 e. The molecule has 0 aliphatic carbocycles. The fourth-order valence-electron chi connectivity index (χ4n) is 0.618. The van der Waals surface area contributed by atoms with Crippen molar-refractivity contribution >= 4 is 6.09 Å². The summed E-state index contributed by atoms with van der Waals surface area (Å²) in [5.41, 5.74) is 0. The van der Waals surface area contributed by atoms with Gasteiger partial charge in [-0.25, -0.2) is 4.79 Å². The first kappa shape index (κ1) is 11.2. The van der Waals surface area contributed by atoms with Gasteiger partial charge in [-0.15, -0.1) is 0 Å². The Kier molecular flexibility index (Phi) is 5.45. The summed E-state index contributed by atoms with van der Waals surface area (Å²) in [6.45, 7) is 2.31. The maximum absolute atomic E-state index is 10.9. The van der Waals surface area contributed by atoms with Gasteiger partial charge in [0.15, 0.2) is 0 Å². The summed E-state index contributed by atoms with van der Waals surface area (Å²) in [5.74, 6) is 0.0638. The summed E-state index contributed by atoms with van der Waals surface area (Å²) in [7, 11) is 3.25. The molecule has 12 heavy (non-hydrogen) atoms. The predicted octanol–water partition coefficient (Wildman–Crippen LogP) is 0.703. The molecule has 0 spiro atoms. The summed E-state index contributed by atoms with van der Waals surface area (Å²) in [4.78, 5) is 12.3. The highest BCUT2D eigenvalue weighted by molar-refractivity contribution is 5.66. The smallest absolute Gasteiger partial charge is 0.409 e. The van der Waals surface area contributed by atoms with Gasteiger partial charge in [0.1, 0.15) is 0 Å². The van der Waals surface area contributed by atoms with Gasteiger partial charge in [0.25, 0.3) is 0 Å². The normalized spacial score (nSPS) is 12.3. The lowest BCUT2D eigenvalue weighted by Gasteiger charge is -2.15. The van der Waals surface area contributed by atoms with Gasteiger partial charge < -0.3 is 14.7 Å². The molecule has 0 aromatic carbocycles. The van der Waals surface area contributed by atoms with E-state index in [0.29, 0.717) is 6.61 Å². The Balaban J connectivity index is 3.59. The molecule has 0 aromatic rings. The van der Waals surface area contributed by atoms with Crippen LogP contribution in [0, 0.1) is 5.92 Å². The Hall–Kier alpha value is -0.770. The van der Waals surface area contributed by atoms with E-state index >= 15 is 0 Å². The first-order valence-electron chi connectivity index (χ1n) is 4.06. The molecule has 0 saturated heterocycles. The first-order chi connectivity index (χ1) is 5.61. The number of amides is 1. The third kappa shape index (κ3) is 4.18. The van der Waals surface area contributed by atoms with Gasteiger partial charge in [-0.2, -0.15) is 0 Å². The summed E-state index contributed by atoms with van der Waals surface area (Å²) >= 11 is 0. The zero-order chi connectivity index (χ0) is 9.56. The van der Waals surface area contributed by atoms with Crippen molar-refractivity contribution in [1.82, 2.24) is 4.90 Å². The van der Waals surface area contributed by atoms with E-state index in [0.717, 1.165) is 6.42 Å².